The first-order valence-electron chi connectivity index (χ1n) is 7.52. The molecule has 1 aliphatic rings. The van der Waals surface area contributed by atoms with E-state index in [1.807, 2.05) is 0 Å². The minimum absolute atomic E-state index is 0.145. The predicted octanol–water partition coefficient (Wildman–Crippen LogP) is 2.34. The minimum atomic E-state index is 0.145. The molecule has 3 atom stereocenters. The normalized spacial score (nSPS) is 28.8. The molecule has 2 rings (SSSR count). The molecule has 1 fully saturated rings. The lowest BCUT2D eigenvalue weighted by Crippen LogP contribution is -2.63. The molecule has 0 saturated heterocycles. The van der Waals surface area contributed by atoms with Gasteiger partial charge in [-0.3, -0.25) is 11.3 Å². The van der Waals surface area contributed by atoms with E-state index in [2.05, 4.69) is 48.6 Å². The Kier molecular flexibility index (Phi) is 5.18. The lowest BCUT2D eigenvalue weighted by molar-refractivity contribution is 0.0373. The molecule has 3 N–H and O–H groups in total. The van der Waals surface area contributed by atoms with E-state index in [0.29, 0.717) is 0 Å². The number of likely N-dealkylation sites (N-methyl/N-ethyl adjacent to an activating group) is 1. The van der Waals surface area contributed by atoms with Crippen molar-refractivity contribution in [3.63, 3.8) is 0 Å². The van der Waals surface area contributed by atoms with Crippen LogP contribution in [0.15, 0.2) is 5.38 Å². The SMILES string of the molecule is Cc1csc(CC(NN)C2(N(C)C)CCCC(C)C2)n1. The molecule has 0 bridgehead atoms. The smallest absolute Gasteiger partial charge is 0.0944 e. The Bertz CT molecular complexity index is 431. The molecule has 1 aliphatic carbocycles. The summed E-state index contributed by atoms with van der Waals surface area (Å²) < 4.78 is 0. The number of hydrazine groups is 1. The third kappa shape index (κ3) is 3.22. The van der Waals surface area contributed by atoms with Crippen LogP contribution in [-0.2, 0) is 6.42 Å². The first-order chi connectivity index (χ1) is 9.48. The van der Waals surface area contributed by atoms with Crippen molar-refractivity contribution < 1.29 is 0 Å². The van der Waals surface area contributed by atoms with E-state index in [1.165, 1.54) is 30.7 Å². The Hall–Kier alpha value is -0.490. The summed E-state index contributed by atoms with van der Waals surface area (Å²) in [5.74, 6) is 6.69. The largest absolute Gasteiger partial charge is 0.302 e. The van der Waals surface area contributed by atoms with Crippen molar-refractivity contribution in [2.24, 2.45) is 11.8 Å². The molecular formula is C15H28N4S. The monoisotopic (exact) mass is 296 g/mol. The van der Waals surface area contributed by atoms with Crippen molar-refractivity contribution in [1.82, 2.24) is 15.3 Å². The Balaban J connectivity index is 2.20. The van der Waals surface area contributed by atoms with Crippen molar-refractivity contribution in [3.8, 4) is 0 Å². The van der Waals surface area contributed by atoms with Gasteiger partial charge in [0.25, 0.3) is 0 Å². The van der Waals surface area contributed by atoms with Crippen LogP contribution in [0.25, 0.3) is 0 Å². The molecule has 1 saturated carbocycles. The maximum Gasteiger partial charge on any atom is 0.0944 e. The quantitative estimate of drug-likeness (QED) is 0.647. The van der Waals surface area contributed by atoms with Crippen LogP contribution in [0.5, 0.6) is 0 Å². The van der Waals surface area contributed by atoms with E-state index in [1.54, 1.807) is 11.3 Å². The number of hydrogen-bond donors (Lipinski definition) is 2. The Morgan fingerprint density at radius 1 is 1.60 bits per heavy atom. The van der Waals surface area contributed by atoms with E-state index >= 15 is 0 Å². The highest BCUT2D eigenvalue weighted by Crippen LogP contribution is 2.39. The second-order valence-corrected chi connectivity index (χ2v) is 7.45. The van der Waals surface area contributed by atoms with Crippen molar-refractivity contribution in [1.29, 1.82) is 0 Å². The fourth-order valence-electron chi connectivity index (χ4n) is 3.67. The average Bonchev–Trinajstić information content (AvgIpc) is 2.81. The van der Waals surface area contributed by atoms with Crippen LogP contribution in [0.3, 0.4) is 0 Å². The molecule has 3 unspecified atom stereocenters. The number of thiazole rings is 1. The summed E-state index contributed by atoms with van der Waals surface area (Å²) in [5.41, 5.74) is 4.35. The maximum atomic E-state index is 5.93. The van der Waals surface area contributed by atoms with Crippen LogP contribution in [0, 0.1) is 12.8 Å². The van der Waals surface area contributed by atoms with Crippen LogP contribution in [-0.4, -0.2) is 35.6 Å². The zero-order chi connectivity index (χ0) is 14.8. The number of rotatable bonds is 5. The molecule has 1 aromatic heterocycles. The molecular weight excluding hydrogens is 268 g/mol. The van der Waals surface area contributed by atoms with Gasteiger partial charge in [-0.1, -0.05) is 19.8 Å². The number of nitrogens with two attached hydrogens (primary N) is 1. The molecule has 0 radical (unpaired) electrons. The molecule has 0 spiro atoms. The van der Waals surface area contributed by atoms with Gasteiger partial charge in [0, 0.05) is 29.1 Å². The zero-order valence-corrected chi connectivity index (χ0v) is 14.0. The Morgan fingerprint density at radius 2 is 2.35 bits per heavy atom. The molecule has 1 aromatic rings. The summed E-state index contributed by atoms with van der Waals surface area (Å²) in [6.45, 7) is 4.41. The van der Waals surface area contributed by atoms with E-state index in [0.717, 1.165) is 18.0 Å². The van der Waals surface area contributed by atoms with Gasteiger partial charge in [0.1, 0.15) is 0 Å². The third-order valence-electron chi connectivity index (χ3n) is 4.79. The van der Waals surface area contributed by atoms with Gasteiger partial charge in [-0.2, -0.15) is 0 Å². The summed E-state index contributed by atoms with van der Waals surface area (Å²) in [6, 6.07) is 0.255. The highest BCUT2D eigenvalue weighted by molar-refractivity contribution is 7.09. The maximum absolute atomic E-state index is 5.93. The van der Waals surface area contributed by atoms with Crippen LogP contribution >= 0.6 is 11.3 Å². The van der Waals surface area contributed by atoms with E-state index in [-0.39, 0.29) is 11.6 Å². The number of aryl methyl sites for hydroxylation is 1. The molecule has 1 heterocycles. The molecule has 0 amide bonds. The van der Waals surface area contributed by atoms with Gasteiger partial charge >= 0.3 is 0 Å². The van der Waals surface area contributed by atoms with Gasteiger partial charge in [0.05, 0.1) is 5.01 Å². The second kappa shape index (κ2) is 6.52. The fourth-order valence-corrected chi connectivity index (χ4v) is 4.49. The number of aromatic nitrogens is 1. The lowest BCUT2D eigenvalue weighted by atomic mass is 9.70. The number of nitrogens with zero attached hydrogens (tertiary/aromatic N) is 2. The zero-order valence-electron chi connectivity index (χ0n) is 13.1. The molecule has 0 aliphatic heterocycles. The Morgan fingerprint density at radius 3 is 2.85 bits per heavy atom. The van der Waals surface area contributed by atoms with Gasteiger partial charge in [0.2, 0.25) is 0 Å². The standard InChI is InChI=1S/C15H28N4S/c1-11-6-5-7-15(9-11,19(3)4)13(18-16)8-14-17-12(2)10-20-14/h10-11,13,18H,5-9,16H2,1-4H3. The lowest BCUT2D eigenvalue weighted by Gasteiger charge is -2.50. The van der Waals surface area contributed by atoms with Crippen molar-refractivity contribution in [3.05, 3.63) is 16.1 Å². The first-order valence-corrected chi connectivity index (χ1v) is 8.40. The summed E-state index contributed by atoms with van der Waals surface area (Å²) in [7, 11) is 4.38. The van der Waals surface area contributed by atoms with Gasteiger partial charge in [-0.25, -0.2) is 4.98 Å². The van der Waals surface area contributed by atoms with Gasteiger partial charge < -0.3 is 4.90 Å². The second-order valence-electron chi connectivity index (χ2n) is 6.51. The van der Waals surface area contributed by atoms with Crippen LogP contribution in [0.4, 0.5) is 0 Å². The van der Waals surface area contributed by atoms with Crippen LogP contribution in [0.1, 0.15) is 43.3 Å². The molecule has 5 heteroatoms. The number of hydrogen-bond acceptors (Lipinski definition) is 5. The summed E-state index contributed by atoms with van der Waals surface area (Å²) >= 11 is 1.74. The summed E-state index contributed by atoms with van der Waals surface area (Å²) in [5, 5.41) is 3.30. The van der Waals surface area contributed by atoms with E-state index in [9.17, 15) is 0 Å². The predicted molar refractivity (Wildman–Crippen MR) is 85.7 cm³/mol. The topological polar surface area (TPSA) is 54.2 Å². The summed E-state index contributed by atoms with van der Waals surface area (Å²) in [6.07, 6.45) is 5.96. The molecule has 20 heavy (non-hydrogen) atoms. The van der Waals surface area contributed by atoms with Gasteiger partial charge in [-0.15, -0.1) is 11.3 Å². The molecule has 0 aromatic carbocycles. The third-order valence-corrected chi connectivity index (χ3v) is 5.78. The van der Waals surface area contributed by atoms with E-state index in [4.69, 9.17) is 5.84 Å². The summed E-state index contributed by atoms with van der Waals surface area (Å²) in [4.78, 5) is 6.99. The first kappa shape index (κ1) is 15.9. The van der Waals surface area contributed by atoms with Gasteiger partial charge in [0.15, 0.2) is 0 Å². The highest BCUT2D eigenvalue weighted by atomic mass is 32.1. The highest BCUT2D eigenvalue weighted by Gasteiger charge is 2.43. The van der Waals surface area contributed by atoms with Gasteiger partial charge in [-0.05, 0) is 39.8 Å². The average molecular weight is 296 g/mol. The minimum Gasteiger partial charge on any atom is -0.302 e. The molecule has 4 nitrogen and oxygen atoms in total. The Labute approximate surface area is 126 Å². The molecule has 114 valence electrons. The number of nitrogens with one attached hydrogen (secondary N) is 1. The van der Waals surface area contributed by atoms with Crippen LogP contribution < -0.4 is 11.3 Å². The van der Waals surface area contributed by atoms with Crippen molar-refractivity contribution >= 4 is 11.3 Å². The van der Waals surface area contributed by atoms with Crippen molar-refractivity contribution in [2.45, 2.75) is 57.5 Å². The van der Waals surface area contributed by atoms with Crippen molar-refractivity contribution in [2.75, 3.05) is 14.1 Å². The van der Waals surface area contributed by atoms with Crippen LogP contribution in [0.2, 0.25) is 0 Å². The fraction of sp³-hybridized carbons (Fsp3) is 0.800. The van der Waals surface area contributed by atoms with E-state index < -0.39 is 0 Å².